The van der Waals surface area contributed by atoms with Crippen LogP contribution in [0.25, 0.3) is 0 Å². The Hall–Kier alpha value is -2.15. The topological polar surface area (TPSA) is 91.6 Å². The molecule has 0 bridgehead atoms. The molecular formula is C18H27N5O2. The molecule has 136 valence electrons. The Bertz CT molecular complexity index is 578. The first-order valence-electron chi connectivity index (χ1n) is 9.08. The van der Waals surface area contributed by atoms with Gasteiger partial charge in [0.15, 0.2) is 0 Å². The number of hydrogen-bond donors (Lipinski definition) is 2. The fourth-order valence-electron chi connectivity index (χ4n) is 3.61. The molecule has 7 heteroatoms. The van der Waals surface area contributed by atoms with Crippen molar-refractivity contribution in [2.45, 2.75) is 38.3 Å². The summed E-state index contributed by atoms with van der Waals surface area (Å²) in [7, 11) is 0. The summed E-state index contributed by atoms with van der Waals surface area (Å²) in [5.74, 6) is -0.331. The van der Waals surface area contributed by atoms with Gasteiger partial charge in [-0.05, 0) is 43.4 Å². The second kappa shape index (κ2) is 8.29. The monoisotopic (exact) mass is 345 g/mol. The van der Waals surface area contributed by atoms with E-state index in [0.29, 0.717) is 25.9 Å². The Morgan fingerprint density at radius 3 is 2.32 bits per heavy atom. The van der Waals surface area contributed by atoms with E-state index in [1.54, 1.807) is 0 Å². The molecule has 0 spiro atoms. The molecule has 0 aromatic carbocycles. The highest BCUT2D eigenvalue weighted by Crippen LogP contribution is 2.18. The van der Waals surface area contributed by atoms with Gasteiger partial charge in [0.05, 0.1) is 0 Å². The molecule has 2 fully saturated rings. The van der Waals surface area contributed by atoms with Crippen LogP contribution in [0.1, 0.15) is 31.2 Å². The summed E-state index contributed by atoms with van der Waals surface area (Å²) in [6.45, 7) is 4.12. The number of carbonyl (C=O) groups is 2. The Balaban J connectivity index is 1.39. The van der Waals surface area contributed by atoms with E-state index in [4.69, 9.17) is 5.73 Å². The van der Waals surface area contributed by atoms with Crippen molar-refractivity contribution in [1.82, 2.24) is 20.1 Å². The molecule has 0 saturated carbocycles. The van der Waals surface area contributed by atoms with E-state index in [0.717, 1.165) is 32.5 Å². The molecule has 0 radical (unpaired) electrons. The molecule has 3 heterocycles. The molecule has 0 atom stereocenters. The second-order valence-electron chi connectivity index (χ2n) is 7.02. The maximum absolute atomic E-state index is 12.4. The number of amides is 3. The summed E-state index contributed by atoms with van der Waals surface area (Å²) in [6.07, 6.45) is 6.93. The maximum atomic E-state index is 12.4. The zero-order valence-corrected chi connectivity index (χ0v) is 14.6. The molecule has 3 N–H and O–H groups in total. The second-order valence-corrected chi connectivity index (χ2v) is 7.02. The number of nitrogens with two attached hydrogens (primary N) is 1. The van der Waals surface area contributed by atoms with E-state index >= 15 is 0 Å². The quantitative estimate of drug-likeness (QED) is 0.850. The van der Waals surface area contributed by atoms with Crippen molar-refractivity contribution in [3.05, 3.63) is 30.1 Å². The van der Waals surface area contributed by atoms with Crippen LogP contribution in [-0.2, 0) is 11.3 Å². The highest BCUT2D eigenvalue weighted by atomic mass is 16.2. The van der Waals surface area contributed by atoms with E-state index in [9.17, 15) is 9.59 Å². The van der Waals surface area contributed by atoms with Gasteiger partial charge >= 0.3 is 6.03 Å². The van der Waals surface area contributed by atoms with Crippen LogP contribution in [0.4, 0.5) is 4.79 Å². The lowest BCUT2D eigenvalue weighted by atomic mass is 9.96. The third kappa shape index (κ3) is 4.92. The first-order valence-corrected chi connectivity index (χ1v) is 9.08. The van der Waals surface area contributed by atoms with Crippen LogP contribution in [0, 0.1) is 5.92 Å². The zero-order chi connectivity index (χ0) is 17.6. The molecule has 2 saturated heterocycles. The number of rotatable bonds is 4. The Kier molecular flexibility index (Phi) is 5.86. The molecule has 0 aliphatic carbocycles. The molecule has 1 aromatic heterocycles. The number of piperidine rings is 2. The Morgan fingerprint density at radius 2 is 1.72 bits per heavy atom. The Labute approximate surface area is 148 Å². The van der Waals surface area contributed by atoms with Crippen LogP contribution in [0.15, 0.2) is 24.5 Å². The van der Waals surface area contributed by atoms with Gasteiger partial charge < -0.3 is 16.0 Å². The first kappa shape index (κ1) is 17.7. The predicted octanol–water partition coefficient (Wildman–Crippen LogP) is 0.953. The van der Waals surface area contributed by atoms with E-state index in [-0.39, 0.29) is 23.9 Å². The van der Waals surface area contributed by atoms with E-state index < -0.39 is 0 Å². The molecule has 0 unspecified atom stereocenters. The van der Waals surface area contributed by atoms with Crippen LogP contribution in [0.3, 0.4) is 0 Å². The predicted molar refractivity (Wildman–Crippen MR) is 94.6 cm³/mol. The normalized spacial score (nSPS) is 20.4. The average molecular weight is 345 g/mol. The van der Waals surface area contributed by atoms with Gasteiger partial charge in [0.25, 0.3) is 0 Å². The highest BCUT2D eigenvalue weighted by Gasteiger charge is 2.28. The summed E-state index contributed by atoms with van der Waals surface area (Å²) < 4.78 is 0. The van der Waals surface area contributed by atoms with E-state index in [1.807, 2.05) is 29.4 Å². The third-order valence-electron chi connectivity index (χ3n) is 5.26. The lowest BCUT2D eigenvalue weighted by Gasteiger charge is -2.35. The molecule has 25 heavy (non-hydrogen) atoms. The van der Waals surface area contributed by atoms with Gasteiger partial charge in [-0.2, -0.15) is 0 Å². The summed E-state index contributed by atoms with van der Waals surface area (Å²) in [5.41, 5.74) is 6.61. The average Bonchev–Trinajstić information content (AvgIpc) is 2.64. The number of aromatic nitrogens is 1. The van der Waals surface area contributed by atoms with Gasteiger partial charge in [-0.3, -0.25) is 14.7 Å². The molecule has 1 aromatic rings. The molecule has 2 aliphatic heterocycles. The van der Waals surface area contributed by atoms with Gasteiger partial charge in [0.1, 0.15) is 0 Å². The zero-order valence-electron chi connectivity index (χ0n) is 14.6. The number of nitrogens with one attached hydrogen (secondary N) is 1. The summed E-state index contributed by atoms with van der Waals surface area (Å²) >= 11 is 0. The van der Waals surface area contributed by atoms with Gasteiger partial charge in [-0.25, -0.2) is 4.79 Å². The number of urea groups is 1. The number of likely N-dealkylation sites (tertiary alicyclic amines) is 2. The fourth-order valence-corrected chi connectivity index (χ4v) is 3.61. The Morgan fingerprint density at radius 1 is 1.08 bits per heavy atom. The van der Waals surface area contributed by atoms with Crippen molar-refractivity contribution in [2.75, 3.05) is 26.2 Å². The van der Waals surface area contributed by atoms with Crippen molar-refractivity contribution in [2.24, 2.45) is 11.7 Å². The van der Waals surface area contributed by atoms with Crippen molar-refractivity contribution in [3.63, 3.8) is 0 Å². The van der Waals surface area contributed by atoms with Crippen LogP contribution in [0.2, 0.25) is 0 Å². The first-order chi connectivity index (χ1) is 12.1. The molecule has 2 aliphatic rings. The standard InChI is InChI=1S/C18H27N5O2/c19-17(24)15-3-11-23(12-4-15)18(25)21-16-5-9-22(10-6-16)13-14-1-7-20-8-2-14/h1-2,7-8,15-16H,3-6,9-13H2,(H2,19,24)(H,21,25). The lowest BCUT2D eigenvalue weighted by molar-refractivity contribution is -0.123. The smallest absolute Gasteiger partial charge is 0.317 e. The van der Waals surface area contributed by atoms with Crippen molar-refractivity contribution < 1.29 is 9.59 Å². The van der Waals surface area contributed by atoms with Gasteiger partial charge in [0.2, 0.25) is 5.91 Å². The summed E-state index contributed by atoms with van der Waals surface area (Å²) in [6, 6.07) is 4.32. The molecular weight excluding hydrogens is 318 g/mol. The number of primary amides is 1. The van der Waals surface area contributed by atoms with E-state index in [1.165, 1.54) is 5.56 Å². The van der Waals surface area contributed by atoms with Gasteiger partial charge in [-0.1, -0.05) is 0 Å². The molecule has 3 rings (SSSR count). The summed E-state index contributed by atoms with van der Waals surface area (Å²) in [4.78, 5) is 31.9. The summed E-state index contributed by atoms with van der Waals surface area (Å²) in [5, 5.41) is 3.15. The number of hydrogen-bond acceptors (Lipinski definition) is 4. The minimum atomic E-state index is -0.248. The van der Waals surface area contributed by atoms with Crippen LogP contribution < -0.4 is 11.1 Å². The third-order valence-corrected chi connectivity index (χ3v) is 5.26. The van der Waals surface area contributed by atoms with Crippen molar-refractivity contribution in [1.29, 1.82) is 0 Å². The number of pyridine rings is 1. The molecule has 7 nitrogen and oxygen atoms in total. The molecule has 3 amide bonds. The number of carbonyl (C=O) groups excluding carboxylic acids is 2. The maximum Gasteiger partial charge on any atom is 0.317 e. The fraction of sp³-hybridized carbons (Fsp3) is 0.611. The largest absolute Gasteiger partial charge is 0.369 e. The van der Waals surface area contributed by atoms with Gasteiger partial charge in [0, 0.05) is 57.1 Å². The lowest BCUT2D eigenvalue weighted by Crippen LogP contribution is -2.51. The van der Waals surface area contributed by atoms with Crippen molar-refractivity contribution >= 4 is 11.9 Å². The van der Waals surface area contributed by atoms with Crippen LogP contribution >= 0.6 is 0 Å². The van der Waals surface area contributed by atoms with Crippen LogP contribution in [0.5, 0.6) is 0 Å². The number of nitrogens with zero attached hydrogens (tertiary/aromatic N) is 3. The minimum absolute atomic E-state index is 0.00416. The highest BCUT2D eigenvalue weighted by molar-refractivity contribution is 5.78. The van der Waals surface area contributed by atoms with E-state index in [2.05, 4.69) is 15.2 Å². The van der Waals surface area contributed by atoms with Crippen LogP contribution in [-0.4, -0.2) is 58.9 Å². The SMILES string of the molecule is NC(=O)C1CCN(C(=O)NC2CCN(Cc3ccncc3)CC2)CC1. The van der Waals surface area contributed by atoms with Gasteiger partial charge in [-0.15, -0.1) is 0 Å². The van der Waals surface area contributed by atoms with Crippen molar-refractivity contribution in [3.8, 4) is 0 Å². The minimum Gasteiger partial charge on any atom is -0.369 e.